The topological polar surface area (TPSA) is 128 Å². The zero-order chi connectivity index (χ0) is 17.0. The monoisotopic (exact) mass is 337 g/mol. The van der Waals surface area contributed by atoms with Gasteiger partial charge in [-0.15, -0.1) is 0 Å². The Balaban J connectivity index is 2.25. The van der Waals surface area contributed by atoms with Crippen molar-refractivity contribution in [2.45, 2.75) is 23.8 Å². The van der Waals surface area contributed by atoms with Crippen LogP contribution in [0.25, 0.3) is 0 Å². The van der Waals surface area contributed by atoms with Crippen LogP contribution in [-0.2, 0) is 19.6 Å². The number of nitrogens with one attached hydrogen (secondary N) is 1. The molecular weight excluding hydrogens is 322 g/mol. The number of carbonyl (C=O) groups is 2. The summed E-state index contributed by atoms with van der Waals surface area (Å²) in [4.78, 5) is 22.5. The first-order chi connectivity index (χ1) is 10.9. The van der Waals surface area contributed by atoms with E-state index in [1.54, 1.807) is 0 Å². The maximum absolute atomic E-state index is 12.7. The van der Waals surface area contributed by atoms with Gasteiger partial charge in [-0.2, -0.15) is 9.57 Å². The Labute approximate surface area is 133 Å². The summed E-state index contributed by atoms with van der Waals surface area (Å²) in [5.41, 5.74) is 0.206. The van der Waals surface area contributed by atoms with Gasteiger partial charge in [-0.3, -0.25) is 9.59 Å². The number of amides is 1. The second kappa shape index (κ2) is 6.76. The third kappa shape index (κ3) is 3.67. The Hall–Kier alpha value is -2.44. The second-order valence-electron chi connectivity index (χ2n) is 5.02. The summed E-state index contributed by atoms with van der Waals surface area (Å²) in [6.45, 7) is -0.391. The van der Waals surface area contributed by atoms with Crippen LogP contribution in [0.15, 0.2) is 29.2 Å². The van der Waals surface area contributed by atoms with Crippen LogP contribution in [0.2, 0.25) is 0 Å². The first-order valence-electron chi connectivity index (χ1n) is 6.88. The summed E-state index contributed by atoms with van der Waals surface area (Å²) in [5, 5.41) is 19.7. The number of rotatable bonds is 5. The van der Waals surface area contributed by atoms with Crippen molar-refractivity contribution in [1.82, 2.24) is 9.62 Å². The van der Waals surface area contributed by atoms with E-state index in [0.717, 1.165) is 4.31 Å². The first-order valence-corrected chi connectivity index (χ1v) is 8.32. The molecular formula is C14H15N3O5S. The number of nitrogens with zero attached hydrogens (tertiary/aromatic N) is 2. The van der Waals surface area contributed by atoms with Crippen molar-refractivity contribution < 1.29 is 23.1 Å². The Morgan fingerprint density at radius 2 is 2.17 bits per heavy atom. The summed E-state index contributed by atoms with van der Waals surface area (Å²) in [6.07, 6.45) is 0.824. The standard InChI is InChI=1S/C14H15N3O5S/c15-8-10-3-1-4-11(7-10)23(21,22)17-6-2-5-12(17)14(20)16-9-13(18)19/h1,3-4,7,12H,2,5-6,9H2,(H,16,20)(H,18,19). The molecule has 0 radical (unpaired) electrons. The van der Waals surface area contributed by atoms with Gasteiger partial charge >= 0.3 is 5.97 Å². The number of carboxylic acid groups (broad SMARTS) is 1. The smallest absolute Gasteiger partial charge is 0.322 e. The average Bonchev–Trinajstić information content (AvgIpc) is 3.03. The van der Waals surface area contributed by atoms with Crippen molar-refractivity contribution in [2.24, 2.45) is 0 Å². The molecule has 1 fully saturated rings. The van der Waals surface area contributed by atoms with E-state index >= 15 is 0 Å². The zero-order valence-electron chi connectivity index (χ0n) is 12.1. The van der Waals surface area contributed by atoms with E-state index in [1.807, 2.05) is 6.07 Å². The van der Waals surface area contributed by atoms with Gasteiger partial charge in [-0.05, 0) is 31.0 Å². The maximum atomic E-state index is 12.7. The molecule has 9 heteroatoms. The van der Waals surface area contributed by atoms with Gasteiger partial charge in [0.2, 0.25) is 15.9 Å². The number of sulfonamides is 1. The Kier molecular flexibility index (Phi) is 4.98. The van der Waals surface area contributed by atoms with Gasteiger partial charge in [0.25, 0.3) is 0 Å². The molecule has 0 saturated carbocycles. The van der Waals surface area contributed by atoms with Crippen LogP contribution in [0.1, 0.15) is 18.4 Å². The number of hydrogen-bond donors (Lipinski definition) is 2. The average molecular weight is 337 g/mol. The zero-order valence-corrected chi connectivity index (χ0v) is 12.9. The molecule has 0 aliphatic carbocycles. The molecule has 0 spiro atoms. The molecule has 2 rings (SSSR count). The van der Waals surface area contributed by atoms with Crippen LogP contribution < -0.4 is 5.32 Å². The number of hydrogen-bond acceptors (Lipinski definition) is 5. The highest BCUT2D eigenvalue weighted by molar-refractivity contribution is 7.89. The van der Waals surface area contributed by atoms with Crippen LogP contribution in [0, 0.1) is 11.3 Å². The van der Waals surface area contributed by atoms with Gasteiger partial charge in [0.05, 0.1) is 16.5 Å². The molecule has 1 aromatic rings. The van der Waals surface area contributed by atoms with E-state index in [-0.39, 0.29) is 17.0 Å². The lowest BCUT2D eigenvalue weighted by Gasteiger charge is -2.23. The molecule has 0 aromatic heterocycles. The molecule has 1 saturated heterocycles. The van der Waals surface area contributed by atoms with Crippen LogP contribution >= 0.6 is 0 Å². The lowest BCUT2D eigenvalue weighted by molar-refractivity contribution is -0.138. The van der Waals surface area contributed by atoms with Crippen molar-refractivity contribution in [2.75, 3.05) is 13.1 Å². The fourth-order valence-corrected chi connectivity index (χ4v) is 4.13. The van der Waals surface area contributed by atoms with Crippen LogP contribution in [0.4, 0.5) is 0 Å². The van der Waals surface area contributed by atoms with E-state index in [9.17, 15) is 18.0 Å². The fraction of sp³-hybridized carbons (Fsp3) is 0.357. The fourth-order valence-electron chi connectivity index (χ4n) is 2.43. The first kappa shape index (κ1) is 16.9. The van der Waals surface area contributed by atoms with Crippen LogP contribution in [0.5, 0.6) is 0 Å². The number of nitriles is 1. The quantitative estimate of drug-likeness (QED) is 0.773. The number of carboxylic acids is 1. The number of carbonyl (C=O) groups excluding carboxylic acids is 1. The highest BCUT2D eigenvalue weighted by Gasteiger charge is 2.39. The molecule has 1 aromatic carbocycles. The van der Waals surface area contributed by atoms with E-state index in [0.29, 0.717) is 12.8 Å². The maximum Gasteiger partial charge on any atom is 0.322 e. The Bertz CT molecular complexity index is 769. The predicted molar refractivity (Wildman–Crippen MR) is 78.7 cm³/mol. The molecule has 23 heavy (non-hydrogen) atoms. The highest BCUT2D eigenvalue weighted by Crippen LogP contribution is 2.26. The lowest BCUT2D eigenvalue weighted by atomic mass is 10.2. The Morgan fingerprint density at radius 1 is 1.43 bits per heavy atom. The van der Waals surface area contributed by atoms with Crippen molar-refractivity contribution in [3.63, 3.8) is 0 Å². The van der Waals surface area contributed by atoms with Gasteiger partial charge in [0.1, 0.15) is 12.6 Å². The Morgan fingerprint density at radius 3 is 2.83 bits per heavy atom. The molecule has 2 N–H and O–H groups in total. The van der Waals surface area contributed by atoms with Gasteiger partial charge in [-0.25, -0.2) is 8.42 Å². The van der Waals surface area contributed by atoms with E-state index in [2.05, 4.69) is 5.32 Å². The minimum Gasteiger partial charge on any atom is -0.480 e. The number of benzene rings is 1. The minimum atomic E-state index is -3.93. The summed E-state index contributed by atoms with van der Waals surface area (Å²) < 4.78 is 26.4. The molecule has 0 bridgehead atoms. The molecule has 1 aliphatic rings. The van der Waals surface area contributed by atoms with Gasteiger partial charge in [0, 0.05) is 6.54 Å². The normalized spacial score (nSPS) is 18.3. The van der Waals surface area contributed by atoms with Crippen molar-refractivity contribution >= 4 is 21.9 Å². The predicted octanol–water partition coefficient (Wildman–Crippen LogP) is -0.0878. The number of aliphatic carboxylic acids is 1. The summed E-state index contributed by atoms with van der Waals surface area (Å²) in [5.74, 6) is -1.84. The molecule has 8 nitrogen and oxygen atoms in total. The van der Waals surface area contributed by atoms with Crippen LogP contribution in [-0.4, -0.2) is 48.8 Å². The van der Waals surface area contributed by atoms with Gasteiger partial charge in [-0.1, -0.05) is 6.07 Å². The van der Waals surface area contributed by atoms with Gasteiger partial charge < -0.3 is 10.4 Å². The van der Waals surface area contributed by atoms with E-state index < -0.39 is 34.5 Å². The minimum absolute atomic E-state index is 0.0607. The second-order valence-corrected chi connectivity index (χ2v) is 6.92. The van der Waals surface area contributed by atoms with E-state index in [4.69, 9.17) is 10.4 Å². The molecule has 1 heterocycles. The van der Waals surface area contributed by atoms with Gasteiger partial charge in [0.15, 0.2) is 0 Å². The highest BCUT2D eigenvalue weighted by atomic mass is 32.2. The largest absolute Gasteiger partial charge is 0.480 e. The van der Waals surface area contributed by atoms with Crippen LogP contribution in [0.3, 0.4) is 0 Å². The third-order valence-corrected chi connectivity index (χ3v) is 5.39. The summed E-state index contributed by atoms with van der Waals surface area (Å²) in [6, 6.07) is 6.49. The summed E-state index contributed by atoms with van der Waals surface area (Å²) >= 11 is 0. The molecule has 1 atom stereocenters. The van der Waals surface area contributed by atoms with Crippen molar-refractivity contribution in [1.29, 1.82) is 5.26 Å². The molecule has 1 aliphatic heterocycles. The molecule has 1 amide bonds. The molecule has 1 unspecified atom stereocenters. The van der Waals surface area contributed by atoms with E-state index in [1.165, 1.54) is 24.3 Å². The van der Waals surface area contributed by atoms with Crippen molar-refractivity contribution in [3.8, 4) is 6.07 Å². The third-order valence-electron chi connectivity index (χ3n) is 3.49. The SMILES string of the molecule is N#Cc1cccc(S(=O)(=O)N2CCCC2C(=O)NCC(=O)O)c1. The lowest BCUT2D eigenvalue weighted by Crippen LogP contribution is -2.46. The summed E-state index contributed by atoms with van der Waals surface area (Å²) in [7, 11) is -3.93. The molecule has 122 valence electrons. The van der Waals surface area contributed by atoms with Crippen molar-refractivity contribution in [3.05, 3.63) is 29.8 Å².